The largest absolute Gasteiger partial charge is 0.497 e. The van der Waals surface area contributed by atoms with E-state index in [0.29, 0.717) is 18.3 Å². The Hall–Kier alpha value is -1.36. The molecule has 9 heteroatoms. The van der Waals surface area contributed by atoms with Gasteiger partial charge in [-0.15, -0.1) is 24.0 Å². The molecule has 0 radical (unpaired) electrons. The number of ether oxygens (including phenoxy) is 1. The summed E-state index contributed by atoms with van der Waals surface area (Å²) >= 11 is 0. The maximum absolute atomic E-state index is 12.2. The van der Waals surface area contributed by atoms with E-state index in [0.717, 1.165) is 37.0 Å². The van der Waals surface area contributed by atoms with Crippen LogP contribution in [-0.4, -0.2) is 65.8 Å². The number of nitrogens with zero attached hydrogens (tertiary/aromatic N) is 2. The molecule has 0 bridgehead atoms. The molecular weight excluding hydrogens is 515 g/mol. The van der Waals surface area contributed by atoms with Crippen LogP contribution in [0.2, 0.25) is 0 Å². The molecule has 1 saturated carbocycles. The van der Waals surface area contributed by atoms with E-state index in [1.807, 2.05) is 31.2 Å². The lowest BCUT2D eigenvalue weighted by molar-refractivity contribution is -0.127. The molecule has 2 N–H and O–H groups in total. The van der Waals surface area contributed by atoms with Crippen LogP contribution >= 0.6 is 24.0 Å². The molecule has 7 nitrogen and oxygen atoms in total. The predicted molar refractivity (Wildman–Crippen MR) is 134 cm³/mol. The van der Waals surface area contributed by atoms with Gasteiger partial charge >= 0.3 is 0 Å². The Morgan fingerprint density at radius 2 is 1.97 bits per heavy atom. The van der Waals surface area contributed by atoms with Crippen LogP contribution < -0.4 is 15.4 Å². The number of halogens is 1. The highest BCUT2D eigenvalue weighted by Crippen LogP contribution is 2.23. The number of methoxy groups -OCH3 is 1. The van der Waals surface area contributed by atoms with E-state index < -0.39 is 10.8 Å². The van der Waals surface area contributed by atoms with Gasteiger partial charge in [-0.2, -0.15) is 0 Å². The first-order valence-corrected chi connectivity index (χ1v) is 11.6. The van der Waals surface area contributed by atoms with Gasteiger partial charge in [-0.25, -0.2) is 4.99 Å². The number of carbonyl (C=O) groups excluding carboxylic acids is 1. The first-order chi connectivity index (χ1) is 13.9. The van der Waals surface area contributed by atoms with E-state index in [9.17, 15) is 9.00 Å². The zero-order chi connectivity index (χ0) is 21.2. The highest BCUT2D eigenvalue weighted by molar-refractivity contribution is 14.0. The van der Waals surface area contributed by atoms with E-state index in [1.165, 1.54) is 0 Å². The van der Waals surface area contributed by atoms with Crippen molar-refractivity contribution in [1.29, 1.82) is 0 Å². The fraction of sp³-hybridized carbons (Fsp3) is 0.619. The number of nitrogens with one attached hydrogen (secondary N) is 2. The highest BCUT2D eigenvalue weighted by atomic mass is 127. The molecule has 0 aliphatic heterocycles. The zero-order valence-electron chi connectivity index (χ0n) is 18.3. The van der Waals surface area contributed by atoms with Crippen molar-refractivity contribution in [3.8, 4) is 5.75 Å². The van der Waals surface area contributed by atoms with Crippen molar-refractivity contribution in [1.82, 2.24) is 15.5 Å². The fourth-order valence-corrected chi connectivity index (χ4v) is 4.66. The number of likely N-dealkylation sites (N-methyl/N-ethyl adjacent to an activating group) is 1. The predicted octanol–water partition coefficient (Wildman–Crippen LogP) is 2.52. The molecule has 1 amide bonds. The molecule has 0 heterocycles. The molecular formula is C21H35IN4O3S. The van der Waals surface area contributed by atoms with E-state index >= 15 is 0 Å². The zero-order valence-corrected chi connectivity index (χ0v) is 21.5. The summed E-state index contributed by atoms with van der Waals surface area (Å²) in [5, 5.41) is 6.84. The summed E-state index contributed by atoms with van der Waals surface area (Å²) < 4.78 is 17.4. The number of aliphatic imine (C=N–C) groups is 1. The second-order valence-electron chi connectivity index (χ2n) is 7.45. The third-order valence-electron chi connectivity index (χ3n) is 5.11. The topological polar surface area (TPSA) is 83.0 Å². The van der Waals surface area contributed by atoms with Crippen LogP contribution in [0.4, 0.5) is 0 Å². The van der Waals surface area contributed by atoms with Crippen molar-refractivity contribution >= 4 is 46.6 Å². The van der Waals surface area contributed by atoms with Gasteiger partial charge in [0.15, 0.2) is 5.96 Å². The van der Waals surface area contributed by atoms with Gasteiger partial charge in [0.2, 0.25) is 5.91 Å². The van der Waals surface area contributed by atoms with Gasteiger partial charge in [0.05, 0.1) is 20.2 Å². The SMILES string of the molecule is CCS(=O)C1CCCC(NC(=NCc2ccc(OC)cc2)NCC(=O)N(C)C)C1.I. The highest BCUT2D eigenvalue weighted by Gasteiger charge is 2.26. The molecule has 1 aliphatic rings. The van der Waals surface area contributed by atoms with Crippen molar-refractivity contribution in [3.05, 3.63) is 29.8 Å². The van der Waals surface area contributed by atoms with Crippen LogP contribution in [-0.2, 0) is 22.1 Å². The van der Waals surface area contributed by atoms with Gasteiger partial charge in [-0.3, -0.25) is 9.00 Å². The lowest BCUT2D eigenvalue weighted by Gasteiger charge is -2.30. The number of guanidine groups is 1. The molecule has 3 atom stereocenters. The Bertz CT molecular complexity index is 713. The summed E-state index contributed by atoms with van der Waals surface area (Å²) in [5.74, 6) is 2.11. The minimum Gasteiger partial charge on any atom is -0.497 e. The van der Waals surface area contributed by atoms with E-state index in [1.54, 1.807) is 26.1 Å². The molecule has 170 valence electrons. The third kappa shape index (κ3) is 8.79. The Morgan fingerprint density at radius 3 is 2.57 bits per heavy atom. The molecule has 2 rings (SSSR count). The second kappa shape index (κ2) is 13.8. The van der Waals surface area contributed by atoms with Gasteiger partial charge in [-0.1, -0.05) is 25.5 Å². The van der Waals surface area contributed by atoms with Crippen LogP contribution in [0.15, 0.2) is 29.3 Å². The maximum atomic E-state index is 12.2. The molecule has 0 spiro atoms. The number of carbonyl (C=O) groups is 1. The van der Waals surface area contributed by atoms with E-state index in [-0.39, 0.29) is 47.7 Å². The average Bonchev–Trinajstić information content (AvgIpc) is 2.75. The molecule has 1 aromatic rings. The number of hydrogen-bond acceptors (Lipinski definition) is 4. The molecule has 3 unspecified atom stereocenters. The lowest BCUT2D eigenvalue weighted by Crippen LogP contribution is -2.48. The van der Waals surface area contributed by atoms with Crippen LogP contribution in [0.25, 0.3) is 0 Å². The minimum absolute atomic E-state index is 0. The summed E-state index contributed by atoms with van der Waals surface area (Å²) in [6.07, 6.45) is 3.95. The standard InChI is InChI=1S/C21H34N4O3S.HI/c1-5-29(27)19-8-6-7-17(13-19)24-21(23-15-20(26)25(2)3)22-14-16-9-11-18(28-4)12-10-16;/h9-12,17,19H,5-8,13-15H2,1-4H3,(H2,22,23,24);1H. The van der Waals surface area contributed by atoms with Crippen LogP contribution in [0.1, 0.15) is 38.2 Å². The van der Waals surface area contributed by atoms with Gasteiger partial charge in [0.1, 0.15) is 5.75 Å². The Labute approximate surface area is 199 Å². The maximum Gasteiger partial charge on any atom is 0.241 e. The lowest BCUT2D eigenvalue weighted by atomic mass is 9.95. The monoisotopic (exact) mass is 550 g/mol. The van der Waals surface area contributed by atoms with Gasteiger partial charge < -0.3 is 20.3 Å². The van der Waals surface area contributed by atoms with Crippen LogP contribution in [0.3, 0.4) is 0 Å². The molecule has 1 aromatic carbocycles. The van der Waals surface area contributed by atoms with Crippen molar-refractivity contribution in [2.75, 3.05) is 33.5 Å². The quantitative estimate of drug-likeness (QED) is 0.296. The van der Waals surface area contributed by atoms with Gasteiger partial charge in [-0.05, 0) is 37.0 Å². The van der Waals surface area contributed by atoms with E-state index in [2.05, 4.69) is 15.6 Å². The van der Waals surface area contributed by atoms with Crippen molar-refractivity contribution in [2.24, 2.45) is 4.99 Å². The average molecular weight is 551 g/mol. The number of hydrogen-bond donors (Lipinski definition) is 2. The Balaban J connectivity index is 0.00000450. The summed E-state index contributed by atoms with van der Waals surface area (Å²) in [6, 6.07) is 7.98. The summed E-state index contributed by atoms with van der Waals surface area (Å²) in [7, 11) is 4.33. The van der Waals surface area contributed by atoms with Crippen LogP contribution in [0.5, 0.6) is 5.75 Å². The molecule has 1 aliphatic carbocycles. The smallest absolute Gasteiger partial charge is 0.241 e. The Kier molecular flexibility index (Phi) is 12.3. The first kappa shape index (κ1) is 26.7. The molecule has 30 heavy (non-hydrogen) atoms. The molecule has 0 saturated heterocycles. The summed E-state index contributed by atoms with van der Waals surface area (Å²) in [5.41, 5.74) is 1.06. The number of amides is 1. The van der Waals surface area contributed by atoms with Crippen LogP contribution in [0, 0.1) is 0 Å². The number of benzene rings is 1. The normalized spacial score (nSPS) is 19.9. The van der Waals surface area contributed by atoms with E-state index in [4.69, 9.17) is 4.74 Å². The molecule has 1 fully saturated rings. The summed E-state index contributed by atoms with van der Waals surface area (Å²) in [6.45, 7) is 2.65. The summed E-state index contributed by atoms with van der Waals surface area (Å²) in [4.78, 5) is 18.2. The number of rotatable bonds is 8. The second-order valence-corrected chi connectivity index (χ2v) is 9.46. The van der Waals surface area contributed by atoms with Gasteiger partial charge in [0.25, 0.3) is 0 Å². The molecule has 0 aromatic heterocycles. The van der Waals surface area contributed by atoms with Crippen molar-refractivity contribution in [3.63, 3.8) is 0 Å². The Morgan fingerprint density at radius 1 is 1.27 bits per heavy atom. The van der Waals surface area contributed by atoms with Crippen molar-refractivity contribution in [2.45, 2.75) is 50.4 Å². The first-order valence-electron chi connectivity index (χ1n) is 10.2. The fourth-order valence-electron chi connectivity index (χ4n) is 3.32. The van der Waals surface area contributed by atoms with Crippen molar-refractivity contribution < 1.29 is 13.7 Å². The minimum atomic E-state index is -0.776. The van der Waals surface area contributed by atoms with Gasteiger partial charge in [0, 0.05) is 41.9 Å². The third-order valence-corrected chi connectivity index (χ3v) is 6.85.